The van der Waals surface area contributed by atoms with E-state index >= 15 is 0 Å². The maximum atomic E-state index is 5.37. The van der Waals surface area contributed by atoms with E-state index in [0.29, 0.717) is 0 Å². The minimum atomic E-state index is 0.126. The van der Waals surface area contributed by atoms with E-state index < -0.39 is 0 Å². The highest BCUT2D eigenvalue weighted by molar-refractivity contribution is 5.81. The summed E-state index contributed by atoms with van der Waals surface area (Å²) in [6.45, 7) is 0. The maximum Gasteiger partial charge on any atom is 0.118 e. The smallest absolute Gasteiger partial charge is 0.118 e. The normalized spacial score (nSPS) is 10.5. The van der Waals surface area contributed by atoms with Crippen molar-refractivity contribution in [3.63, 3.8) is 0 Å². The van der Waals surface area contributed by atoms with E-state index in [9.17, 15) is 0 Å². The summed E-state index contributed by atoms with van der Waals surface area (Å²) in [6.07, 6.45) is 2.36. The Hall–Kier alpha value is -3.78. The number of allylic oxidation sites excluding steroid dienone is 1. The molecule has 4 rings (SSSR count). The summed E-state index contributed by atoms with van der Waals surface area (Å²) in [5, 5.41) is 0. The standard InChI is InChI=1S/C29H26O2/c1-30-26-17-13-24(14-18-26)29(25-15-19-27(31-2)20-16-25)21-28(22-9-5-3-6-10-22)23-11-7-4-8-12-23/h3-21,28H,1-2H3. The van der Waals surface area contributed by atoms with Gasteiger partial charge in [0.25, 0.3) is 0 Å². The van der Waals surface area contributed by atoms with E-state index in [1.807, 2.05) is 24.3 Å². The van der Waals surface area contributed by atoms with Gasteiger partial charge in [-0.15, -0.1) is 0 Å². The molecule has 2 nitrogen and oxygen atoms in total. The molecule has 0 radical (unpaired) electrons. The van der Waals surface area contributed by atoms with Gasteiger partial charge in [0.05, 0.1) is 14.2 Å². The number of benzene rings is 4. The van der Waals surface area contributed by atoms with E-state index in [-0.39, 0.29) is 5.92 Å². The minimum Gasteiger partial charge on any atom is -0.497 e. The van der Waals surface area contributed by atoms with Crippen molar-refractivity contribution in [3.8, 4) is 11.5 Å². The van der Waals surface area contributed by atoms with Crippen molar-refractivity contribution < 1.29 is 9.47 Å². The molecule has 0 atom stereocenters. The fourth-order valence-corrected chi connectivity index (χ4v) is 3.77. The van der Waals surface area contributed by atoms with Crippen molar-refractivity contribution >= 4 is 5.57 Å². The molecule has 0 aliphatic carbocycles. The molecule has 0 aliphatic rings. The maximum absolute atomic E-state index is 5.37. The van der Waals surface area contributed by atoms with E-state index in [1.54, 1.807) is 14.2 Å². The highest BCUT2D eigenvalue weighted by Gasteiger charge is 2.15. The van der Waals surface area contributed by atoms with Gasteiger partial charge in [-0.1, -0.05) is 91.0 Å². The highest BCUT2D eigenvalue weighted by atomic mass is 16.5. The van der Waals surface area contributed by atoms with Gasteiger partial charge in [0.15, 0.2) is 0 Å². The molecule has 0 aliphatic heterocycles. The van der Waals surface area contributed by atoms with Crippen molar-refractivity contribution in [1.82, 2.24) is 0 Å². The fourth-order valence-electron chi connectivity index (χ4n) is 3.77. The predicted molar refractivity (Wildman–Crippen MR) is 128 cm³/mol. The second kappa shape index (κ2) is 9.82. The number of methoxy groups -OCH3 is 2. The molecule has 0 fully saturated rings. The lowest BCUT2D eigenvalue weighted by molar-refractivity contribution is 0.414. The van der Waals surface area contributed by atoms with Gasteiger partial charge in [0.1, 0.15) is 11.5 Å². The van der Waals surface area contributed by atoms with Crippen LogP contribution in [0.3, 0.4) is 0 Å². The number of ether oxygens (including phenoxy) is 2. The van der Waals surface area contributed by atoms with Gasteiger partial charge in [0, 0.05) is 5.92 Å². The summed E-state index contributed by atoms with van der Waals surface area (Å²) in [5.74, 6) is 1.82. The molecular weight excluding hydrogens is 380 g/mol. The zero-order valence-corrected chi connectivity index (χ0v) is 17.9. The topological polar surface area (TPSA) is 18.5 Å². The van der Waals surface area contributed by atoms with Crippen molar-refractivity contribution in [2.24, 2.45) is 0 Å². The lowest BCUT2D eigenvalue weighted by atomic mass is 9.86. The van der Waals surface area contributed by atoms with Crippen molar-refractivity contribution in [2.45, 2.75) is 5.92 Å². The van der Waals surface area contributed by atoms with E-state index in [2.05, 4.69) is 91.0 Å². The van der Waals surface area contributed by atoms with Crippen LogP contribution in [-0.2, 0) is 0 Å². The van der Waals surface area contributed by atoms with Crippen LogP contribution < -0.4 is 9.47 Å². The molecule has 0 saturated carbocycles. The number of hydrogen-bond donors (Lipinski definition) is 0. The van der Waals surface area contributed by atoms with Crippen molar-refractivity contribution in [1.29, 1.82) is 0 Å². The quantitative estimate of drug-likeness (QED) is 0.330. The van der Waals surface area contributed by atoms with Crippen LogP contribution in [0.5, 0.6) is 11.5 Å². The Morgan fingerprint density at radius 3 is 1.29 bits per heavy atom. The molecule has 4 aromatic rings. The molecule has 0 amide bonds. The van der Waals surface area contributed by atoms with Crippen LogP contribution in [0.4, 0.5) is 0 Å². The summed E-state index contributed by atoms with van der Waals surface area (Å²) in [4.78, 5) is 0. The van der Waals surface area contributed by atoms with Gasteiger partial charge < -0.3 is 9.47 Å². The van der Waals surface area contributed by atoms with Crippen LogP contribution in [0.1, 0.15) is 28.2 Å². The number of rotatable bonds is 7. The molecule has 2 heteroatoms. The summed E-state index contributed by atoms with van der Waals surface area (Å²) >= 11 is 0. The Labute approximate surface area is 184 Å². The van der Waals surface area contributed by atoms with Gasteiger partial charge >= 0.3 is 0 Å². The Bertz CT molecular complexity index is 1020. The van der Waals surface area contributed by atoms with Crippen LogP contribution in [0.15, 0.2) is 115 Å². The van der Waals surface area contributed by atoms with Crippen molar-refractivity contribution in [3.05, 3.63) is 138 Å². The van der Waals surface area contributed by atoms with Gasteiger partial charge in [-0.05, 0) is 52.1 Å². The molecule has 31 heavy (non-hydrogen) atoms. The molecule has 154 valence electrons. The second-order valence-electron chi connectivity index (χ2n) is 7.34. The molecular formula is C29H26O2. The average Bonchev–Trinajstić information content (AvgIpc) is 2.86. The first-order valence-corrected chi connectivity index (χ1v) is 10.4. The van der Waals surface area contributed by atoms with Crippen LogP contribution in [0.25, 0.3) is 5.57 Å². The van der Waals surface area contributed by atoms with Crippen LogP contribution in [0.2, 0.25) is 0 Å². The summed E-state index contributed by atoms with van der Waals surface area (Å²) in [5.41, 5.74) is 5.97. The van der Waals surface area contributed by atoms with Gasteiger partial charge in [-0.25, -0.2) is 0 Å². The average molecular weight is 407 g/mol. The third-order valence-corrected chi connectivity index (χ3v) is 5.45. The SMILES string of the molecule is COc1ccc(C(=CC(c2ccccc2)c2ccccc2)c2ccc(OC)cc2)cc1. The molecule has 0 saturated heterocycles. The molecule has 0 bridgehead atoms. The van der Waals surface area contributed by atoms with E-state index in [1.165, 1.54) is 16.7 Å². The zero-order chi connectivity index (χ0) is 21.5. The molecule has 0 heterocycles. The summed E-state index contributed by atoms with van der Waals surface area (Å²) < 4.78 is 10.7. The minimum absolute atomic E-state index is 0.126. The van der Waals surface area contributed by atoms with Crippen LogP contribution >= 0.6 is 0 Å². The van der Waals surface area contributed by atoms with E-state index in [0.717, 1.165) is 22.6 Å². The van der Waals surface area contributed by atoms with Crippen LogP contribution in [0, 0.1) is 0 Å². The van der Waals surface area contributed by atoms with Crippen molar-refractivity contribution in [2.75, 3.05) is 14.2 Å². The lowest BCUT2D eigenvalue weighted by Crippen LogP contribution is -2.00. The molecule has 4 aromatic carbocycles. The Kier molecular flexibility index (Phi) is 6.49. The van der Waals surface area contributed by atoms with Crippen LogP contribution in [-0.4, -0.2) is 14.2 Å². The highest BCUT2D eigenvalue weighted by Crippen LogP contribution is 2.34. The third kappa shape index (κ3) is 4.87. The first kappa shape index (κ1) is 20.5. The largest absolute Gasteiger partial charge is 0.497 e. The summed E-state index contributed by atoms with van der Waals surface area (Å²) in [6, 6.07) is 37.7. The first-order valence-electron chi connectivity index (χ1n) is 10.4. The Morgan fingerprint density at radius 1 is 0.548 bits per heavy atom. The first-order chi connectivity index (χ1) is 15.3. The fraction of sp³-hybridized carbons (Fsp3) is 0.103. The Balaban J connectivity index is 1.88. The van der Waals surface area contributed by atoms with Gasteiger partial charge in [-0.2, -0.15) is 0 Å². The van der Waals surface area contributed by atoms with Gasteiger partial charge in [-0.3, -0.25) is 0 Å². The number of hydrogen-bond acceptors (Lipinski definition) is 2. The third-order valence-electron chi connectivity index (χ3n) is 5.45. The Morgan fingerprint density at radius 2 is 0.935 bits per heavy atom. The van der Waals surface area contributed by atoms with E-state index in [4.69, 9.17) is 9.47 Å². The predicted octanol–water partition coefficient (Wildman–Crippen LogP) is 6.97. The lowest BCUT2D eigenvalue weighted by Gasteiger charge is -2.18. The van der Waals surface area contributed by atoms with Gasteiger partial charge in [0.2, 0.25) is 0 Å². The molecule has 0 N–H and O–H groups in total. The zero-order valence-electron chi connectivity index (χ0n) is 17.9. The molecule has 0 unspecified atom stereocenters. The molecule has 0 aromatic heterocycles. The summed E-state index contributed by atoms with van der Waals surface area (Å²) in [7, 11) is 3.38. The second-order valence-corrected chi connectivity index (χ2v) is 7.34. The monoisotopic (exact) mass is 406 g/mol. The molecule has 0 spiro atoms.